The van der Waals surface area contributed by atoms with Crippen LogP contribution in [0.1, 0.15) is 44.9 Å². The lowest BCUT2D eigenvalue weighted by Crippen LogP contribution is -2.41. The molecule has 1 unspecified atom stereocenters. The van der Waals surface area contributed by atoms with Crippen LogP contribution in [-0.2, 0) is 11.2 Å². The molecule has 2 aliphatic heterocycles. The molecule has 0 N–H and O–H groups in total. The zero-order valence-electron chi connectivity index (χ0n) is 17.1. The van der Waals surface area contributed by atoms with Gasteiger partial charge in [0.1, 0.15) is 0 Å². The zero-order valence-corrected chi connectivity index (χ0v) is 18.7. The Balaban J connectivity index is 1.41. The highest BCUT2D eigenvalue weighted by Gasteiger charge is 2.31. The van der Waals surface area contributed by atoms with E-state index in [1.807, 2.05) is 34.9 Å². The molecule has 0 aliphatic carbocycles. The average molecular weight is 484 g/mol. The molecule has 8 nitrogen and oxygen atoms in total. The van der Waals surface area contributed by atoms with Crippen molar-refractivity contribution in [2.24, 2.45) is 0 Å². The van der Waals surface area contributed by atoms with E-state index in [1.54, 1.807) is 23.0 Å². The second kappa shape index (κ2) is 8.05. The van der Waals surface area contributed by atoms with Crippen molar-refractivity contribution in [3.05, 3.63) is 63.5 Å². The molecule has 4 heterocycles. The highest BCUT2D eigenvalue weighted by Crippen LogP contribution is 2.31. The summed E-state index contributed by atoms with van der Waals surface area (Å²) in [4.78, 5) is 34.1. The third-order valence-corrected chi connectivity index (χ3v) is 6.40. The summed E-state index contributed by atoms with van der Waals surface area (Å²) in [5.74, 6) is -0.122. The van der Waals surface area contributed by atoms with E-state index in [9.17, 15) is 9.59 Å². The number of carbonyl (C=O) groups is 2. The van der Waals surface area contributed by atoms with Crippen molar-refractivity contribution in [1.29, 1.82) is 0 Å². The largest absolute Gasteiger partial charge is 0.378 e. The lowest BCUT2D eigenvalue weighted by atomic mass is 9.91. The van der Waals surface area contributed by atoms with Gasteiger partial charge in [0.25, 0.3) is 11.8 Å². The SMILES string of the molecule is CC1c2cc(C(=O)N3CCOCC3)ccc2CCN1C(=O)c1cc2ncc(Br)cn2n1. The third-order valence-electron chi connectivity index (χ3n) is 5.99. The van der Waals surface area contributed by atoms with Gasteiger partial charge in [0.15, 0.2) is 11.3 Å². The van der Waals surface area contributed by atoms with Crippen LogP contribution in [0.3, 0.4) is 0 Å². The molecule has 1 aromatic carbocycles. The van der Waals surface area contributed by atoms with Gasteiger partial charge in [-0.2, -0.15) is 5.10 Å². The van der Waals surface area contributed by atoms with Crippen LogP contribution in [0.4, 0.5) is 0 Å². The smallest absolute Gasteiger partial charge is 0.274 e. The molecule has 2 amide bonds. The summed E-state index contributed by atoms with van der Waals surface area (Å²) in [6.07, 6.45) is 4.20. The first-order chi connectivity index (χ1) is 15.0. The molecule has 1 fully saturated rings. The summed E-state index contributed by atoms with van der Waals surface area (Å²) in [5.41, 5.74) is 3.83. The predicted octanol–water partition coefficient (Wildman–Crippen LogP) is 2.72. The summed E-state index contributed by atoms with van der Waals surface area (Å²) in [5, 5.41) is 4.41. The Morgan fingerprint density at radius 3 is 2.74 bits per heavy atom. The van der Waals surface area contributed by atoms with Crippen molar-refractivity contribution < 1.29 is 14.3 Å². The van der Waals surface area contributed by atoms with Crippen LogP contribution in [0.5, 0.6) is 0 Å². The van der Waals surface area contributed by atoms with Gasteiger partial charge in [-0.1, -0.05) is 6.07 Å². The van der Waals surface area contributed by atoms with Crippen LogP contribution in [0.15, 0.2) is 41.1 Å². The summed E-state index contributed by atoms with van der Waals surface area (Å²) in [6, 6.07) is 7.41. The number of benzene rings is 1. The van der Waals surface area contributed by atoms with Gasteiger partial charge >= 0.3 is 0 Å². The lowest BCUT2D eigenvalue weighted by molar-refractivity contribution is 0.0302. The molecular weight excluding hydrogens is 462 g/mol. The Bertz CT molecular complexity index is 1170. The van der Waals surface area contributed by atoms with E-state index in [1.165, 1.54) is 5.56 Å². The monoisotopic (exact) mass is 483 g/mol. The van der Waals surface area contributed by atoms with Gasteiger partial charge in [-0.3, -0.25) is 9.59 Å². The van der Waals surface area contributed by atoms with Crippen molar-refractivity contribution in [3.63, 3.8) is 0 Å². The fourth-order valence-electron chi connectivity index (χ4n) is 4.28. The Morgan fingerprint density at radius 2 is 1.94 bits per heavy atom. The van der Waals surface area contributed by atoms with Crippen molar-refractivity contribution in [2.75, 3.05) is 32.8 Å². The van der Waals surface area contributed by atoms with E-state index in [0.717, 1.165) is 16.5 Å². The van der Waals surface area contributed by atoms with Crippen LogP contribution < -0.4 is 0 Å². The maximum atomic E-state index is 13.3. The molecule has 2 aromatic heterocycles. The number of aromatic nitrogens is 3. The topological polar surface area (TPSA) is 80.0 Å². The fourth-order valence-corrected chi connectivity index (χ4v) is 4.58. The normalized spacial score (nSPS) is 18.8. The number of carbonyl (C=O) groups excluding carboxylic acids is 2. The van der Waals surface area contributed by atoms with Crippen molar-refractivity contribution in [2.45, 2.75) is 19.4 Å². The van der Waals surface area contributed by atoms with Crippen LogP contribution in [0, 0.1) is 0 Å². The molecule has 1 atom stereocenters. The molecule has 0 saturated carbocycles. The quantitative estimate of drug-likeness (QED) is 0.559. The van der Waals surface area contributed by atoms with Crippen LogP contribution in [0.25, 0.3) is 5.65 Å². The van der Waals surface area contributed by atoms with Crippen molar-refractivity contribution in [1.82, 2.24) is 24.4 Å². The highest BCUT2D eigenvalue weighted by molar-refractivity contribution is 9.10. The number of fused-ring (bicyclic) bond motifs is 2. The lowest BCUT2D eigenvalue weighted by Gasteiger charge is -2.35. The maximum absolute atomic E-state index is 13.3. The van der Waals surface area contributed by atoms with Gasteiger partial charge < -0.3 is 14.5 Å². The third kappa shape index (κ3) is 3.72. The molecule has 5 rings (SSSR count). The number of hydrogen-bond acceptors (Lipinski definition) is 5. The van der Waals surface area contributed by atoms with Gasteiger partial charge in [-0.15, -0.1) is 0 Å². The second-order valence-corrected chi connectivity index (χ2v) is 8.76. The average Bonchev–Trinajstić information content (AvgIpc) is 3.22. The van der Waals surface area contributed by atoms with Gasteiger partial charge in [-0.05, 0) is 52.5 Å². The number of nitrogens with zero attached hydrogens (tertiary/aromatic N) is 5. The van der Waals surface area contributed by atoms with Crippen LogP contribution >= 0.6 is 15.9 Å². The minimum Gasteiger partial charge on any atom is -0.378 e. The van der Waals surface area contributed by atoms with E-state index in [4.69, 9.17) is 4.74 Å². The Hall–Kier alpha value is -2.78. The van der Waals surface area contributed by atoms with E-state index in [-0.39, 0.29) is 17.9 Å². The van der Waals surface area contributed by atoms with Crippen molar-refractivity contribution in [3.8, 4) is 0 Å². The zero-order chi connectivity index (χ0) is 21.5. The molecular formula is C22H22BrN5O3. The molecule has 3 aromatic rings. The molecule has 1 saturated heterocycles. The number of halogens is 1. The molecule has 0 spiro atoms. The van der Waals surface area contributed by atoms with Gasteiger partial charge in [0, 0.05) is 43.7 Å². The van der Waals surface area contributed by atoms with Crippen LogP contribution in [0.2, 0.25) is 0 Å². The highest BCUT2D eigenvalue weighted by atomic mass is 79.9. The standard InChI is InChI=1S/C22H22BrN5O3/c1-14-18-10-16(21(29)26-6-8-31-9-7-26)3-2-15(18)4-5-27(14)22(30)19-11-20-24-12-17(23)13-28(20)25-19/h2-3,10-14H,4-9H2,1H3. The number of amides is 2. The molecule has 0 bridgehead atoms. The van der Waals surface area contributed by atoms with E-state index in [2.05, 4.69) is 26.0 Å². The number of rotatable bonds is 2. The molecule has 9 heteroatoms. The first kappa shape index (κ1) is 20.1. The van der Waals surface area contributed by atoms with E-state index in [0.29, 0.717) is 49.8 Å². The molecule has 2 aliphatic rings. The van der Waals surface area contributed by atoms with Crippen molar-refractivity contribution >= 4 is 33.4 Å². The number of morpholine rings is 1. The van der Waals surface area contributed by atoms with Gasteiger partial charge in [-0.25, -0.2) is 9.50 Å². The Kier molecular flexibility index (Phi) is 5.23. The van der Waals surface area contributed by atoms with Gasteiger partial charge in [0.2, 0.25) is 0 Å². The Labute approximate surface area is 187 Å². The summed E-state index contributed by atoms with van der Waals surface area (Å²) in [6.45, 7) is 4.96. The fraction of sp³-hybridized carbons (Fsp3) is 0.364. The first-order valence-corrected chi connectivity index (χ1v) is 11.1. The van der Waals surface area contributed by atoms with Gasteiger partial charge in [0.05, 0.1) is 23.7 Å². The first-order valence-electron chi connectivity index (χ1n) is 10.3. The number of hydrogen-bond donors (Lipinski definition) is 0. The van der Waals surface area contributed by atoms with E-state index < -0.39 is 0 Å². The minimum absolute atomic E-state index is 0.0127. The predicted molar refractivity (Wildman–Crippen MR) is 117 cm³/mol. The second-order valence-electron chi connectivity index (χ2n) is 7.85. The molecule has 31 heavy (non-hydrogen) atoms. The molecule has 0 radical (unpaired) electrons. The molecule has 160 valence electrons. The minimum atomic E-state index is -0.154. The number of ether oxygens (including phenoxy) is 1. The summed E-state index contributed by atoms with van der Waals surface area (Å²) in [7, 11) is 0. The van der Waals surface area contributed by atoms with E-state index >= 15 is 0 Å². The summed E-state index contributed by atoms with van der Waals surface area (Å²) >= 11 is 3.37. The Morgan fingerprint density at radius 1 is 1.13 bits per heavy atom. The summed E-state index contributed by atoms with van der Waals surface area (Å²) < 4.78 is 7.74. The van der Waals surface area contributed by atoms with Crippen LogP contribution in [-0.4, -0.2) is 69.1 Å². The maximum Gasteiger partial charge on any atom is 0.274 e.